The minimum Gasteiger partial charge on any atom is -0.463 e. The molecule has 0 bridgehead atoms. The second-order valence-electron chi connectivity index (χ2n) is 4.84. The van der Waals surface area contributed by atoms with Crippen LogP contribution in [0.4, 0.5) is 30.7 Å². The minimum absolute atomic E-state index is 0.635. The first-order valence-corrected chi connectivity index (χ1v) is 5.85. The van der Waals surface area contributed by atoms with Gasteiger partial charge in [0.1, 0.15) is 13.0 Å². The second kappa shape index (κ2) is 6.80. The van der Waals surface area contributed by atoms with Crippen LogP contribution in [-0.2, 0) is 9.53 Å². The van der Waals surface area contributed by atoms with Gasteiger partial charge < -0.3 is 9.84 Å². The average Bonchev–Trinajstić information content (AvgIpc) is 2.21. The number of carbonyl (C=O) groups excluding carboxylic acids is 1. The van der Waals surface area contributed by atoms with Gasteiger partial charge in [0, 0.05) is 6.42 Å². The second-order valence-corrected chi connectivity index (χ2v) is 4.84. The summed E-state index contributed by atoms with van der Waals surface area (Å²) in [5, 5.41) is 9.11. The predicted octanol–water partition coefficient (Wildman–Crippen LogP) is 3.16. The number of alkyl halides is 7. The zero-order chi connectivity index (χ0) is 17.1. The molecule has 0 aliphatic rings. The molecule has 0 aromatic heterocycles. The van der Waals surface area contributed by atoms with Crippen molar-refractivity contribution in [3.63, 3.8) is 0 Å². The summed E-state index contributed by atoms with van der Waals surface area (Å²) in [5.74, 6) is -12.0. The van der Waals surface area contributed by atoms with Crippen molar-refractivity contribution in [3.05, 3.63) is 0 Å². The van der Waals surface area contributed by atoms with Gasteiger partial charge in [-0.05, 0) is 0 Å². The molecule has 0 amide bonds. The van der Waals surface area contributed by atoms with Gasteiger partial charge in [-0.1, -0.05) is 13.8 Å². The van der Waals surface area contributed by atoms with E-state index in [1.54, 1.807) is 0 Å². The van der Waals surface area contributed by atoms with Crippen molar-refractivity contribution < 1.29 is 45.4 Å². The molecule has 0 aromatic rings. The standard InChI is InChI=1S/C11H15F7O3/c1-6(2)8(20)21-4-7(19)3-9(12,13)10(14,15)5-11(16,17)18/h6-7,19H,3-5H2,1-2H3. The Morgan fingerprint density at radius 2 is 1.52 bits per heavy atom. The molecule has 1 unspecified atom stereocenters. The predicted molar refractivity (Wildman–Crippen MR) is 57.0 cm³/mol. The van der Waals surface area contributed by atoms with E-state index in [4.69, 9.17) is 5.11 Å². The van der Waals surface area contributed by atoms with Crippen LogP contribution in [0.2, 0.25) is 0 Å². The van der Waals surface area contributed by atoms with Gasteiger partial charge in [-0.3, -0.25) is 4.79 Å². The summed E-state index contributed by atoms with van der Waals surface area (Å²) < 4.78 is 91.8. The number of hydrogen-bond acceptors (Lipinski definition) is 3. The van der Waals surface area contributed by atoms with Gasteiger partial charge in [-0.2, -0.15) is 30.7 Å². The number of ether oxygens (including phenoxy) is 1. The van der Waals surface area contributed by atoms with Crippen LogP contribution in [0.5, 0.6) is 0 Å². The monoisotopic (exact) mass is 328 g/mol. The lowest BCUT2D eigenvalue weighted by atomic mass is 10.0. The maximum Gasteiger partial charge on any atom is 0.395 e. The van der Waals surface area contributed by atoms with Crippen LogP contribution in [0.15, 0.2) is 0 Å². The molecule has 0 saturated carbocycles. The maximum atomic E-state index is 13.1. The Labute approximate surface area is 116 Å². The summed E-state index contributed by atoms with van der Waals surface area (Å²) in [6.45, 7) is 1.80. The molecule has 0 saturated heterocycles. The molecule has 10 heteroatoms. The first-order chi connectivity index (χ1) is 9.18. The molecule has 0 fully saturated rings. The molecular formula is C11H15F7O3. The Balaban J connectivity index is 4.61. The van der Waals surface area contributed by atoms with Crippen molar-refractivity contribution in [1.82, 2.24) is 0 Å². The third-order valence-electron chi connectivity index (χ3n) is 2.34. The summed E-state index contributed by atoms with van der Waals surface area (Å²) in [6, 6.07) is 0. The maximum absolute atomic E-state index is 13.1. The molecule has 0 heterocycles. The van der Waals surface area contributed by atoms with E-state index < -0.39 is 55.5 Å². The Bertz CT molecular complexity index is 352. The Morgan fingerprint density at radius 3 is 1.90 bits per heavy atom. The fraction of sp³-hybridized carbons (Fsp3) is 0.909. The number of halogens is 7. The van der Waals surface area contributed by atoms with Gasteiger partial charge in [0.2, 0.25) is 0 Å². The smallest absolute Gasteiger partial charge is 0.395 e. The summed E-state index contributed by atoms with van der Waals surface area (Å²) in [5.41, 5.74) is 0. The Morgan fingerprint density at radius 1 is 1.05 bits per heavy atom. The fourth-order valence-corrected chi connectivity index (χ4v) is 1.23. The lowest BCUT2D eigenvalue weighted by Gasteiger charge is -2.28. The van der Waals surface area contributed by atoms with E-state index in [0.29, 0.717) is 0 Å². The first kappa shape index (κ1) is 19.9. The largest absolute Gasteiger partial charge is 0.463 e. The average molecular weight is 328 g/mol. The molecule has 0 aromatic carbocycles. The van der Waals surface area contributed by atoms with E-state index in [2.05, 4.69) is 4.74 Å². The van der Waals surface area contributed by atoms with Crippen LogP contribution in [0.1, 0.15) is 26.7 Å². The third kappa shape index (κ3) is 6.96. The molecule has 0 rings (SSSR count). The van der Waals surface area contributed by atoms with Crippen molar-refractivity contribution in [2.24, 2.45) is 5.92 Å². The highest BCUT2D eigenvalue weighted by Crippen LogP contribution is 2.44. The summed E-state index contributed by atoms with van der Waals surface area (Å²) in [6.07, 6.45) is -12.7. The van der Waals surface area contributed by atoms with Crippen LogP contribution >= 0.6 is 0 Å². The van der Waals surface area contributed by atoms with Crippen molar-refractivity contribution in [2.75, 3.05) is 6.61 Å². The van der Waals surface area contributed by atoms with Gasteiger partial charge in [0.05, 0.1) is 12.0 Å². The lowest BCUT2D eigenvalue weighted by Crippen LogP contribution is -2.46. The van der Waals surface area contributed by atoms with E-state index >= 15 is 0 Å². The molecule has 0 aliphatic carbocycles. The number of carbonyl (C=O) groups is 1. The molecule has 1 atom stereocenters. The molecule has 21 heavy (non-hydrogen) atoms. The number of rotatable bonds is 7. The SMILES string of the molecule is CC(C)C(=O)OCC(O)CC(F)(F)C(F)(F)CC(F)(F)F. The Hall–Kier alpha value is -1.06. The van der Waals surface area contributed by atoms with Crippen LogP contribution in [0.25, 0.3) is 0 Å². The van der Waals surface area contributed by atoms with E-state index in [1.807, 2.05) is 0 Å². The zero-order valence-electron chi connectivity index (χ0n) is 11.2. The van der Waals surface area contributed by atoms with Gasteiger partial charge in [-0.15, -0.1) is 0 Å². The molecule has 0 aliphatic heterocycles. The van der Waals surface area contributed by atoms with Crippen molar-refractivity contribution in [1.29, 1.82) is 0 Å². The minimum atomic E-state index is -5.48. The molecule has 0 spiro atoms. The van der Waals surface area contributed by atoms with Crippen LogP contribution < -0.4 is 0 Å². The fourth-order valence-electron chi connectivity index (χ4n) is 1.23. The lowest BCUT2D eigenvalue weighted by molar-refractivity contribution is -0.271. The van der Waals surface area contributed by atoms with Gasteiger partial charge >= 0.3 is 24.0 Å². The molecule has 1 N–H and O–H groups in total. The highest BCUT2D eigenvalue weighted by atomic mass is 19.4. The van der Waals surface area contributed by atoms with Crippen molar-refractivity contribution in [2.45, 2.75) is 50.8 Å². The highest BCUT2D eigenvalue weighted by Gasteiger charge is 2.61. The summed E-state index contributed by atoms with van der Waals surface area (Å²) >= 11 is 0. The number of esters is 1. The molecule has 0 radical (unpaired) electrons. The molecular weight excluding hydrogens is 313 g/mol. The van der Waals surface area contributed by atoms with Crippen LogP contribution in [0.3, 0.4) is 0 Å². The summed E-state index contributed by atoms with van der Waals surface area (Å²) in [4.78, 5) is 11.0. The van der Waals surface area contributed by atoms with E-state index in [9.17, 15) is 35.5 Å². The highest BCUT2D eigenvalue weighted by molar-refractivity contribution is 5.71. The zero-order valence-corrected chi connectivity index (χ0v) is 11.2. The number of aliphatic hydroxyl groups excluding tert-OH is 1. The topological polar surface area (TPSA) is 46.5 Å². The van der Waals surface area contributed by atoms with E-state index in [-0.39, 0.29) is 0 Å². The molecule has 126 valence electrons. The Kier molecular flexibility index (Phi) is 6.46. The van der Waals surface area contributed by atoms with Crippen LogP contribution in [0, 0.1) is 5.92 Å². The number of hydrogen-bond donors (Lipinski definition) is 1. The normalized spacial score (nSPS) is 15.2. The van der Waals surface area contributed by atoms with Gasteiger partial charge in [-0.25, -0.2) is 0 Å². The van der Waals surface area contributed by atoms with Gasteiger partial charge in [0.25, 0.3) is 0 Å². The summed E-state index contributed by atoms with van der Waals surface area (Å²) in [7, 11) is 0. The first-order valence-electron chi connectivity index (χ1n) is 5.85. The van der Waals surface area contributed by atoms with Crippen molar-refractivity contribution in [3.8, 4) is 0 Å². The van der Waals surface area contributed by atoms with Crippen LogP contribution in [-0.4, -0.2) is 41.8 Å². The third-order valence-corrected chi connectivity index (χ3v) is 2.34. The van der Waals surface area contributed by atoms with Gasteiger partial charge in [0.15, 0.2) is 0 Å². The van der Waals surface area contributed by atoms with E-state index in [0.717, 1.165) is 0 Å². The quantitative estimate of drug-likeness (QED) is 0.577. The van der Waals surface area contributed by atoms with Crippen molar-refractivity contribution >= 4 is 5.97 Å². The molecule has 3 nitrogen and oxygen atoms in total. The van der Waals surface area contributed by atoms with E-state index in [1.165, 1.54) is 13.8 Å². The number of aliphatic hydroxyl groups is 1.